The van der Waals surface area contributed by atoms with E-state index in [2.05, 4.69) is 0 Å². The van der Waals surface area contributed by atoms with Crippen LogP contribution in [0.4, 0.5) is 0 Å². The average molecular weight is 290 g/mol. The normalized spacial score (nSPS) is 1.69. The quantitative estimate of drug-likeness (QED) is 0.365. The molecule has 0 atom stereocenters. The Labute approximate surface area is 135 Å². The first-order valence-electron chi connectivity index (χ1n) is 0.775. The van der Waals surface area contributed by atoms with Gasteiger partial charge in [0.2, 0.25) is 0 Å². The third-order valence-corrected chi connectivity index (χ3v) is 0. The van der Waals surface area contributed by atoms with E-state index >= 15 is 0 Å². The Kier molecular flexibility index (Phi) is 2810. The first-order chi connectivity index (χ1) is 1.73. The molecule has 0 saturated carbocycles. The van der Waals surface area contributed by atoms with E-state index in [0.717, 1.165) is 0 Å². The fourth-order valence-electron chi connectivity index (χ4n) is 0. The molecule has 0 unspecified atom stereocenters. The minimum atomic E-state index is -2.17. The molecule has 0 aliphatic rings. The first-order valence-corrected chi connectivity index (χ1v) is 0.775. The number of hydrogen-bond acceptors (Lipinski definition) is 3. The molecular weight excluding hydrogens is 265 g/mol. The summed E-state index contributed by atoms with van der Waals surface area (Å²) in [5, 5.41) is 21.5. The van der Waals surface area contributed by atoms with E-state index in [1.54, 1.807) is 0 Å². The van der Waals surface area contributed by atoms with Crippen molar-refractivity contribution in [1.82, 2.24) is 0 Å². The van der Waals surface area contributed by atoms with Crippen molar-refractivity contribution in [3.05, 3.63) is 0 Å². The summed E-state index contributed by atoms with van der Waals surface area (Å²) >= 11 is 0. The zero-order valence-electron chi connectivity index (χ0n) is 6.92. The SMILES string of the molecule is O.O.O.O.O.O.O.O.O.O.OB(O)O.[NaH].[NaH]. The van der Waals surface area contributed by atoms with Crippen molar-refractivity contribution < 1.29 is 69.8 Å². The van der Waals surface area contributed by atoms with Crippen molar-refractivity contribution >= 4 is 66.4 Å². The van der Waals surface area contributed by atoms with E-state index in [0.29, 0.717) is 0 Å². The van der Waals surface area contributed by atoms with Crippen LogP contribution >= 0.6 is 0 Å². The van der Waals surface area contributed by atoms with Gasteiger partial charge in [-0.3, -0.25) is 0 Å². The molecule has 0 radical (unpaired) electrons. The van der Waals surface area contributed by atoms with E-state index < -0.39 is 7.32 Å². The second-order valence-electron chi connectivity index (χ2n) is 0.346. The van der Waals surface area contributed by atoms with E-state index in [1.807, 2.05) is 0 Å². The van der Waals surface area contributed by atoms with Crippen LogP contribution in [0.25, 0.3) is 0 Å². The van der Waals surface area contributed by atoms with E-state index in [4.69, 9.17) is 15.1 Å². The molecule has 0 bridgehead atoms. The van der Waals surface area contributed by atoms with Gasteiger partial charge in [-0.25, -0.2) is 0 Å². The third kappa shape index (κ3) is 1380. The molecular formula is H25BNa2O13. The fourth-order valence-corrected chi connectivity index (χ4v) is 0. The van der Waals surface area contributed by atoms with Crippen LogP contribution in [0.3, 0.4) is 0 Å². The van der Waals surface area contributed by atoms with Crippen molar-refractivity contribution in [3.8, 4) is 0 Å². The Morgan fingerprint density at radius 1 is 0.375 bits per heavy atom. The fraction of sp³-hybridized carbons (Fsp3) is 0. The van der Waals surface area contributed by atoms with Gasteiger partial charge >= 0.3 is 66.4 Å². The van der Waals surface area contributed by atoms with Crippen molar-refractivity contribution in [1.29, 1.82) is 0 Å². The van der Waals surface area contributed by atoms with Crippen LogP contribution in [0.15, 0.2) is 0 Å². The summed E-state index contributed by atoms with van der Waals surface area (Å²) in [4.78, 5) is 0. The summed E-state index contributed by atoms with van der Waals surface area (Å²) in [6.07, 6.45) is 0. The maximum atomic E-state index is 7.17. The summed E-state index contributed by atoms with van der Waals surface area (Å²) in [5.41, 5.74) is 0. The minimum absolute atomic E-state index is 0. The molecule has 0 aliphatic heterocycles. The van der Waals surface area contributed by atoms with Gasteiger partial charge in [0.05, 0.1) is 0 Å². The van der Waals surface area contributed by atoms with Gasteiger partial charge < -0.3 is 69.8 Å². The number of hydrogen-bond donors (Lipinski definition) is 3. The Morgan fingerprint density at radius 3 is 0.375 bits per heavy atom. The van der Waals surface area contributed by atoms with Crippen molar-refractivity contribution in [2.24, 2.45) is 0 Å². The topological polar surface area (TPSA) is 376 Å². The van der Waals surface area contributed by atoms with Crippen LogP contribution in [0, 0.1) is 0 Å². The predicted octanol–water partition coefficient (Wildman–Crippen LogP) is -11.6. The zero-order valence-corrected chi connectivity index (χ0v) is 6.92. The summed E-state index contributed by atoms with van der Waals surface area (Å²) in [7, 11) is -2.17. The molecule has 0 amide bonds. The second kappa shape index (κ2) is 194. The molecule has 0 aliphatic carbocycles. The summed E-state index contributed by atoms with van der Waals surface area (Å²) in [6.45, 7) is 0. The van der Waals surface area contributed by atoms with Crippen LogP contribution in [-0.4, -0.2) is 136 Å². The summed E-state index contributed by atoms with van der Waals surface area (Å²) in [6, 6.07) is 0. The monoisotopic (exact) mass is 290 g/mol. The Bertz CT molecular complexity index is 18.6. The molecule has 0 rings (SSSR count). The predicted molar refractivity (Wildman–Crippen MR) is 62.8 cm³/mol. The van der Waals surface area contributed by atoms with Crippen LogP contribution < -0.4 is 0 Å². The molecule has 0 fully saturated rings. The summed E-state index contributed by atoms with van der Waals surface area (Å²) < 4.78 is 0. The first kappa shape index (κ1) is 233. The van der Waals surface area contributed by atoms with Gasteiger partial charge in [-0.15, -0.1) is 0 Å². The molecule has 13 nitrogen and oxygen atoms in total. The van der Waals surface area contributed by atoms with Gasteiger partial charge in [0.25, 0.3) is 0 Å². The van der Waals surface area contributed by atoms with Gasteiger partial charge in [0.15, 0.2) is 0 Å². The van der Waals surface area contributed by atoms with Gasteiger partial charge in [0, 0.05) is 0 Å². The van der Waals surface area contributed by atoms with Crippen molar-refractivity contribution in [2.45, 2.75) is 0 Å². The molecule has 108 valence electrons. The van der Waals surface area contributed by atoms with Gasteiger partial charge in [-0.05, 0) is 0 Å². The maximum absolute atomic E-state index is 7.17. The van der Waals surface area contributed by atoms with E-state index in [9.17, 15) is 0 Å². The third-order valence-electron chi connectivity index (χ3n) is 0. The molecule has 0 aromatic rings. The zero-order chi connectivity index (χ0) is 3.58. The Morgan fingerprint density at radius 2 is 0.375 bits per heavy atom. The van der Waals surface area contributed by atoms with Crippen LogP contribution in [-0.2, 0) is 0 Å². The van der Waals surface area contributed by atoms with Gasteiger partial charge in [-0.2, -0.15) is 0 Å². The molecule has 0 heterocycles. The Balaban J connectivity index is -0.000000000682. The molecule has 0 aromatic heterocycles. The van der Waals surface area contributed by atoms with Crippen LogP contribution in [0.2, 0.25) is 0 Å². The van der Waals surface area contributed by atoms with E-state index in [-0.39, 0.29) is 114 Å². The standard InChI is InChI=1S/BH3O3.2Na.10H2O.2H/c2-1(3)4;;;;;;;;;;;;;;/h2-4H;;;10*1H2;;. The number of rotatable bonds is 0. The van der Waals surface area contributed by atoms with E-state index in [1.165, 1.54) is 0 Å². The Hall–Kier alpha value is 1.54. The van der Waals surface area contributed by atoms with Crippen LogP contribution in [0.5, 0.6) is 0 Å². The van der Waals surface area contributed by atoms with Gasteiger partial charge in [0.1, 0.15) is 0 Å². The molecule has 0 saturated heterocycles. The molecule has 0 spiro atoms. The molecule has 0 aromatic carbocycles. The molecule has 16 heteroatoms. The van der Waals surface area contributed by atoms with Crippen molar-refractivity contribution in [3.63, 3.8) is 0 Å². The van der Waals surface area contributed by atoms with Crippen LogP contribution in [0.1, 0.15) is 0 Å². The summed E-state index contributed by atoms with van der Waals surface area (Å²) in [5.74, 6) is 0. The van der Waals surface area contributed by atoms with Gasteiger partial charge in [-0.1, -0.05) is 0 Å². The average Bonchev–Trinajstić information content (AvgIpc) is 0.811. The molecule has 16 heavy (non-hydrogen) atoms. The molecule has 23 N–H and O–H groups in total. The van der Waals surface area contributed by atoms with Crippen molar-refractivity contribution in [2.75, 3.05) is 0 Å². The second-order valence-corrected chi connectivity index (χ2v) is 0.346.